The Morgan fingerprint density at radius 1 is 1.53 bits per heavy atom. The highest BCUT2D eigenvalue weighted by molar-refractivity contribution is 6.68. The summed E-state index contributed by atoms with van der Waals surface area (Å²) in [6.45, 7) is 0. The summed E-state index contributed by atoms with van der Waals surface area (Å²) in [7, 11) is 0.953. The summed E-state index contributed by atoms with van der Waals surface area (Å²) in [6, 6.07) is 0. The zero-order valence-electron chi connectivity index (χ0n) is 9.02. The van der Waals surface area contributed by atoms with Crippen LogP contribution in [0.5, 0.6) is 11.6 Å². The largest absolute Gasteiger partial charge is 0.573 e. The molecule has 0 aliphatic rings. The zero-order chi connectivity index (χ0) is 14.8. The van der Waals surface area contributed by atoms with E-state index in [0.717, 1.165) is 7.11 Å². The zero-order valence-corrected chi connectivity index (χ0v) is 9.78. The number of rotatable bonds is 4. The SMILES string of the molecule is COc1ncc(C(=O)Cl)c(OC(F)(F)F)c1[N+](=O)[O-]. The fourth-order valence-corrected chi connectivity index (χ4v) is 1.27. The van der Waals surface area contributed by atoms with Gasteiger partial charge < -0.3 is 9.47 Å². The van der Waals surface area contributed by atoms with Gasteiger partial charge in [0, 0.05) is 6.20 Å². The lowest BCUT2D eigenvalue weighted by molar-refractivity contribution is -0.389. The van der Waals surface area contributed by atoms with Gasteiger partial charge in [0.1, 0.15) is 5.56 Å². The van der Waals surface area contributed by atoms with E-state index in [4.69, 9.17) is 11.6 Å². The number of aromatic nitrogens is 1. The molecule has 1 heterocycles. The predicted molar refractivity (Wildman–Crippen MR) is 54.3 cm³/mol. The van der Waals surface area contributed by atoms with E-state index in [1.165, 1.54) is 0 Å². The lowest BCUT2D eigenvalue weighted by Gasteiger charge is -2.12. The monoisotopic (exact) mass is 300 g/mol. The Hall–Kier alpha value is -2.10. The molecule has 0 atom stereocenters. The van der Waals surface area contributed by atoms with E-state index in [1.54, 1.807) is 0 Å². The summed E-state index contributed by atoms with van der Waals surface area (Å²) in [4.78, 5) is 23.8. The van der Waals surface area contributed by atoms with Gasteiger partial charge in [0.2, 0.25) is 5.75 Å². The van der Waals surface area contributed by atoms with Gasteiger partial charge in [-0.25, -0.2) is 4.98 Å². The molecular formula is C8H4ClF3N2O5. The first kappa shape index (κ1) is 15.0. The molecule has 0 amide bonds. The van der Waals surface area contributed by atoms with E-state index >= 15 is 0 Å². The number of carbonyl (C=O) groups is 1. The fraction of sp³-hybridized carbons (Fsp3) is 0.250. The highest BCUT2D eigenvalue weighted by atomic mass is 35.5. The molecule has 0 unspecified atom stereocenters. The summed E-state index contributed by atoms with van der Waals surface area (Å²) >= 11 is 5.02. The minimum atomic E-state index is -5.25. The minimum Gasteiger partial charge on any atom is -0.476 e. The Morgan fingerprint density at radius 2 is 2.11 bits per heavy atom. The highest BCUT2D eigenvalue weighted by Gasteiger charge is 2.39. The number of nitro groups is 1. The Balaban J connectivity index is 3.58. The van der Waals surface area contributed by atoms with Crippen LogP contribution in [0.15, 0.2) is 6.20 Å². The van der Waals surface area contributed by atoms with Gasteiger partial charge in [-0.3, -0.25) is 14.9 Å². The molecular weight excluding hydrogens is 297 g/mol. The third-order valence-electron chi connectivity index (χ3n) is 1.78. The molecule has 0 N–H and O–H groups in total. The van der Waals surface area contributed by atoms with Crippen molar-refractivity contribution >= 4 is 22.5 Å². The van der Waals surface area contributed by atoms with Gasteiger partial charge in [0.25, 0.3) is 11.1 Å². The second kappa shape index (κ2) is 5.26. The molecule has 7 nitrogen and oxygen atoms in total. The summed E-state index contributed by atoms with van der Waals surface area (Å²) in [5.74, 6) is -2.12. The van der Waals surface area contributed by atoms with E-state index in [9.17, 15) is 28.1 Å². The average molecular weight is 301 g/mol. The smallest absolute Gasteiger partial charge is 0.476 e. The first-order valence-electron chi connectivity index (χ1n) is 4.34. The minimum absolute atomic E-state index is 0.586. The molecule has 0 saturated heterocycles. The van der Waals surface area contributed by atoms with Crippen molar-refractivity contribution in [3.05, 3.63) is 21.9 Å². The lowest BCUT2D eigenvalue weighted by atomic mass is 10.2. The van der Waals surface area contributed by atoms with Crippen LogP contribution in [0.4, 0.5) is 18.9 Å². The number of methoxy groups -OCH3 is 1. The van der Waals surface area contributed by atoms with Crippen LogP contribution in [0.2, 0.25) is 0 Å². The number of alkyl halides is 3. The first-order valence-corrected chi connectivity index (χ1v) is 4.72. The average Bonchev–Trinajstić information content (AvgIpc) is 2.25. The third kappa shape index (κ3) is 3.44. The third-order valence-corrected chi connectivity index (χ3v) is 1.98. The number of ether oxygens (including phenoxy) is 2. The van der Waals surface area contributed by atoms with Gasteiger partial charge in [-0.2, -0.15) is 0 Å². The molecule has 0 spiro atoms. The Morgan fingerprint density at radius 3 is 2.47 bits per heavy atom. The highest BCUT2D eigenvalue weighted by Crippen LogP contribution is 2.40. The summed E-state index contributed by atoms with van der Waals surface area (Å²) in [5.41, 5.74) is -2.14. The molecule has 0 radical (unpaired) electrons. The lowest BCUT2D eigenvalue weighted by Crippen LogP contribution is -2.20. The molecule has 0 saturated carbocycles. The fourth-order valence-electron chi connectivity index (χ4n) is 1.14. The van der Waals surface area contributed by atoms with Crippen LogP contribution in [0.1, 0.15) is 10.4 Å². The van der Waals surface area contributed by atoms with Gasteiger partial charge in [-0.15, -0.1) is 13.2 Å². The van der Waals surface area contributed by atoms with Crippen LogP contribution in [0, 0.1) is 10.1 Å². The molecule has 0 aliphatic heterocycles. The maximum atomic E-state index is 12.2. The van der Waals surface area contributed by atoms with E-state index < -0.39 is 39.4 Å². The van der Waals surface area contributed by atoms with E-state index in [1.807, 2.05) is 0 Å². The Bertz CT molecular complexity index is 534. The topological polar surface area (TPSA) is 91.6 Å². The molecule has 1 aromatic heterocycles. The molecule has 0 aliphatic carbocycles. The second-order valence-electron chi connectivity index (χ2n) is 2.94. The maximum absolute atomic E-state index is 12.2. The van der Waals surface area contributed by atoms with Crippen molar-refractivity contribution in [3.63, 3.8) is 0 Å². The predicted octanol–water partition coefficient (Wildman–Crippen LogP) is 2.28. The molecule has 19 heavy (non-hydrogen) atoms. The molecule has 11 heteroatoms. The van der Waals surface area contributed by atoms with Gasteiger partial charge in [0.15, 0.2) is 0 Å². The van der Waals surface area contributed by atoms with E-state index in [2.05, 4.69) is 14.5 Å². The number of halogens is 4. The molecule has 0 aromatic carbocycles. The molecule has 104 valence electrons. The standard InChI is InChI=1S/C8H4ClF3N2O5/c1-18-7-4(14(16)17)5(19-8(10,11)12)3(2-13-7)6(9)15/h2H,1H3. The number of hydrogen-bond donors (Lipinski definition) is 0. The summed E-state index contributed by atoms with van der Waals surface area (Å²) < 4.78 is 44.5. The number of nitrogens with zero attached hydrogens (tertiary/aromatic N) is 2. The van der Waals surface area contributed by atoms with Crippen molar-refractivity contribution in [1.82, 2.24) is 4.98 Å². The van der Waals surface area contributed by atoms with E-state index in [-0.39, 0.29) is 0 Å². The van der Waals surface area contributed by atoms with Crippen LogP contribution in [0.3, 0.4) is 0 Å². The first-order chi connectivity index (χ1) is 8.67. The van der Waals surface area contributed by atoms with Crippen LogP contribution in [-0.4, -0.2) is 28.6 Å². The Kier molecular flexibility index (Phi) is 4.14. The molecule has 0 bridgehead atoms. The molecule has 1 aromatic rings. The van der Waals surface area contributed by atoms with Crippen molar-refractivity contribution < 1.29 is 32.4 Å². The van der Waals surface area contributed by atoms with Gasteiger partial charge in [-0.05, 0) is 11.6 Å². The van der Waals surface area contributed by atoms with Crippen LogP contribution in [0.25, 0.3) is 0 Å². The van der Waals surface area contributed by atoms with E-state index in [0.29, 0.717) is 6.20 Å². The molecule has 0 fully saturated rings. The Labute approximate surface area is 108 Å². The maximum Gasteiger partial charge on any atom is 0.573 e. The van der Waals surface area contributed by atoms with Gasteiger partial charge in [-0.1, -0.05) is 0 Å². The van der Waals surface area contributed by atoms with Crippen molar-refractivity contribution in [2.24, 2.45) is 0 Å². The van der Waals surface area contributed by atoms with Crippen molar-refractivity contribution in [1.29, 1.82) is 0 Å². The second-order valence-corrected chi connectivity index (χ2v) is 3.28. The molecule has 1 rings (SSSR count). The number of carbonyl (C=O) groups excluding carboxylic acids is 1. The van der Waals surface area contributed by atoms with Gasteiger partial charge >= 0.3 is 12.0 Å². The van der Waals surface area contributed by atoms with Crippen molar-refractivity contribution in [2.75, 3.05) is 7.11 Å². The summed E-state index contributed by atoms with van der Waals surface area (Å²) in [6.07, 6.45) is -4.67. The van der Waals surface area contributed by atoms with Gasteiger partial charge in [0.05, 0.1) is 12.0 Å². The van der Waals surface area contributed by atoms with Crippen molar-refractivity contribution in [2.45, 2.75) is 6.36 Å². The van der Waals surface area contributed by atoms with Crippen LogP contribution < -0.4 is 9.47 Å². The number of hydrogen-bond acceptors (Lipinski definition) is 6. The van der Waals surface area contributed by atoms with Crippen molar-refractivity contribution in [3.8, 4) is 11.6 Å². The van der Waals surface area contributed by atoms with Crippen LogP contribution in [-0.2, 0) is 0 Å². The van der Waals surface area contributed by atoms with Crippen LogP contribution >= 0.6 is 11.6 Å². The normalized spacial score (nSPS) is 11.0. The number of pyridine rings is 1. The quantitative estimate of drug-likeness (QED) is 0.481. The summed E-state index contributed by atoms with van der Waals surface area (Å²) in [5, 5.41) is 9.35.